The monoisotopic (exact) mass is 183 g/mol. The number of carbonyl (C=O) groups excluding carboxylic acids is 1. The summed E-state index contributed by atoms with van der Waals surface area (Å²) in [6.45, 7) is 4.66. The summed E-state index contributed by atoms with van der Waals surface area (Å²) in [5, 5.41) is 2.63. The average molecular weight is 183 g/mol. The first-order valence-electron chi connectivity index (χ1n) is 4.44. The van der Waals surface area contributed by atoms with Crippen LogP contribution >= 0.6 is 0 Å². The molecule has 0 fully saturated rings. The predicted octanol–water partition coefficient (Wildman–Crippen LogP) is 0.798. The molecule has 0 aliphatic heterocycles. The molecular weight excluding hydrogens is 166 g/mol. The Kier molecular flexibility index (Phi) is 7.04. The summed E-state index contributed by atoms with van der Waals surface area (Å²) >= 11 is 0. The fourth-order valence-corrected chi connectivity index (χ4v) is 0.652. The standard InChI is InChI=1S/C10H17NO2/c1-4-9(2)6-5-7-11-10(12)8-13-3/h9H,4,7-8H2,1-3H3,(H,11,12). The van der Waals surface area contributed by atoms with Gasteiger partial charge in [0.25, 0.3) is 0 Å². The van der Waals surface area contributed by atoms with Gasteiger partial charge < -0.3 is 10.1 Å². The molecule has 1 amide bonds. The highest BCUT2D eigenvalue weighted by Gasteiger charge is 1.95. The molecule has 0 aromatic rings. The molecule has 0 rings (SSSR count). The second-order valence-electron chi connectivity index (χ2n) is 2.84. The van der Waals surface area contributed by atoms with E-state index in [9.17, 15) is 4.79 Å². The normalized spacial score (nSPS) is 11.3. The number of carbonyl (C=O) groups is 1. The number of ether oxygens (including phenoxy) is 1. The molecule has 0 spiro atoms. The van der Waals surface area contributed by atoms with Gasteiger partial charge in [-0.3, -0.25) is 4.79 Å². The molecule has 0 aromatic carbocycles. The van der Waals surface area contributed by atoms with Gasteiger partial charge in [0.15, 0.2) is 0 Å². The summed E-state index contributed by atoms with van der Waals surface area (Å²) in [5.41, 5.74) is 0. The van der Waals surface area contributed by atoms with Crippen LogP contribution in [0, 0.1) is 17.8 Å². The van der Waals surface area contributed by atoms with Gasteiger partial charge >= 0.3 is 0 Å². The first-order valence-corrected chi connectivity index (χ1v) is 4.44. The number of methoxy groups -OCH3 is 1. The molecule has 0 bridgehead atoms. The molecule has 74 valence electrons. The minimum absolute atomic E-state index is 0.102. The van der Waals surface area contributed by atoms with Gasteiger partial charge in [0, 0.05) is 13.0 Å². The van der Waals surface area contributed by atoms with E-state index in [1.807, 2.05) is 0 Å². The fourth-order valence-electron chi connectivity index (χ4n) is 0.652. The molecule has 0 aromatic heterocycles. The van der Waals surface area contributed by atoms with Crippen LogP contribution in [0.1, 0.15) is 20.3 Å². The summed E-state index contributed by atoms with van der Waals surface area (Å²) in [5.74, 6) is 6.19. The third-order valence-electron chi connectivity index (χ3n) is 1.61. The van der Waals surface area contributed by atoms with E-state index in [1.54, 1.807) is 0 Å². The van der Waals surface area contributed by atoms with E-state index in [2.05, 4.69) is 35.7 Å². The number of hydrogen-bond acceptors (Lipinski definition) is 2. The van der Waals surface area contributed by atoms with Crippen molar-refractivity contribution >= 4 is 5.91 Å². The highest BCUT2D eigenvalue weighted by Crippen LogP contribution is 1.95. The van der Waals surface area contributed by atoms with Crippen molar-refractivity contribution in [2.24, 2.45) is 5.92 Å². The Morgan fingerprint density at radius 2 is 2.31 bits per heavy atom. The van der Waals surface area contributed by atoms with Crippen molar-refractivity contribution < 1.29 is 9.53 Å². The van der Waals surface area contributed by atoms with Gasteiger partial charge in [-0.15, -0.1) is 0 Å². The molecule has 0 heterocycles. The summed E-state index contributed by atoms with van der Waals surface area (Å²) in [4.78, 5) is 10.9. The SMILES string of the molecule is CCC(C)C#CCNC(=O)COC. The molecule has 0 radical (unpaired) electrons. The molecule has 1 N–H and O–H groups in total. The fraction of sp³-hybridized carbons (Fsp3) is 0.700. The maximum Gasteiger partial charge on any atom is 0.246 e. The van der Waals surface area contributed by atoms with Crippen molar-refractivity contribution in [1.82, 2.24) is 5.32 Å². The summed E-state index contributed by atoms with van der Waals surface area (Å²) in [6.07, 6.45) is 1.04. The van der Waals surface area contributed by atoms with Crippen LogP contribution in [0.5, 0.6) is 0 Å². The van der Waals surface area contributed by atoms with Crippen molar-refractivity contribution in [3.05, 3.63) is 0 Å². The number of amides is 1. The van der Waals surface area contributed by atoms with Crippen LogP contribution < -0.4 is 5.32 Å². The van der Waals surface area contributed by atoms with Crippen LogP contribution in [-0.2, 0) is 9.53 Å². The molecule has 0 saturated carbocycles. The lowest BCUT2D eigenvalue weighted by Gasteiger charge is -1.99. The Bertz CT molecular complexity index is 203. The quantitative estimate of drug-likeness (QED) is 0.655. The van der Waals surface area contributed by atoms with Crippen LogP contribution in [0.4, 0.5) is 0 Å². The van der Waals surface area contributed by atoms with Gasteiger partial charge in [-0.1, -0.05) is 25.7 Å². The van der Waals surface area contributed by atoms with E-state index in [0.29, 0.717) is 12.5 Å². The van der Waals surface area contributed by atoms with Gasteiger partial charge in [0.05, 0.1) is 6.54 Å². The molecule has 3 heteroatoms. The third-order valence-corrected chi connectivity index (χ3v) is 1.61. The van der Waals surface area contributed by atoms with Crippen molar-refractivity contribution in [2.45, 2.75) is 20.3 Å². The van der Waals surface area contributed by atoms with Crippen molar-refractivity contribution in [1.29, 1.82) is 0 Å². The molecule has 1 atom stereocenters. The van der Waals surface area contributed by atoms with Crippen molar-refractivity contribution in [3.8, 4) is 11.8 Å². The molecule has 3 nitrogen and oxygen atoms in total. The largest absolute Gasteiger partial charge is 0.375 e. The van der Waals surface area contributed by atoms with E-state index in [-0.39, 0.29) is 12.5 Å². The molecule has 0 saturated heterocycles. The number of rotatable bonds is 4. The Labute approximate surface area is 79.8 Å². The Balaban J connectivity index is 3.52. The lowest BCUT2D eigenvalue weighted by molar-refractivity contribution is -0.124. The Morgan fingerprint density at radius 3 is 2.85 bits per heavy atom. The maximum atomic E-state index is 10.9. The van der Waals surface area contributed by atoms with Crippen molar-refractivity contribution in [3.63, 3.8) is 0 Å². The minimum Gasteiger partial charge on any atom is -0.375 e. The Morgan fingerprint density at radius 1 is 1.62 bits per heavy atom. The second kappa shape index (κ2) is 7.63. The maximum absolute atomic E-state index is 10.9. The van der Waals surface area contributed by atoms with E-state index in [1.165, 1.54) is 7.11 Å². The van der Waals surface area contributed by atoms with Crippen LogP contribution in [-0.4, -0.2) is 26.2 Å². The lowest BCUT2D eigenvalue weighted by Crippen LogP contribution is -2.27. The summed E-state index contributed by atoms with van der Waals surface area (Å²) in [6, 6.07) is 0. The molecule has 13 heavy (non-hydrogen) atoms. The highest BCUT2D eigenvalue weighted by molar-refractivity contribution is 5.77. The highest BCUT2D eigenvalue weighted by atomic mass is 16.5. The third kappa shape index (κ3) is 7.35. The zero-order chi connectivity index (χ0) is 10.1. The zero-order valence-electron chi connectivity index (χ0n) is 8.52. The molecule has 0 aliphatic carbocycles. The first-order chi connectivity index (χ1) is 6.20. The average Bonchev–Trinajstić information content (AvgIpc) is 2.12. The molecular formula is C10H17NO2. The topological polar surface area (TPSA) is 38.3 Å². The van der Waals surface area contributed by atoms with E-state index >= 15 is 0 Å². The van der Waals surface area contributed by atoms with E-state index < -0.39 is 0 Å². The minimum atomic E-state index is -0.124. The molecule has 0 aliphatic rings. The Hall–Kier alpha value is -1.01. The summed E-state index contributed by atoms with van der Waals surface area (Å²) < 4.78 is 4.64. The number of nitrogens with one attached hydrogen (secondary N) is 1. The van der Waals surface area contributed by atoms with Gasteiger partial charge in [-0.05, 0) is 6.42 Å². The van der Waals surface area contributed by atoms with E-state index in [4.69, 9.17) is 0 Å². The van der Waals surface area contributed by atoms with Gasteiger partial charge in [0.2, 0.25) is 5.91 Å². The number of hydrogen-bond donors (Lipinski definition) is 1. The first kappa shape index (κ1) is 12.0. The summed E-state index contributed by atoms with van der Waals surface area (Å²) in [7, 11) is 1.49. The second-order valence-corrected chi connectivity index (χ2v) is 2.84. The predicted molar refractivity (Wildman–Crippen MR) is 52.1 cm³/mol. The van der Waals surface area contributed by atoms with Crippen molar-refractivity contribution in [2.75, 3.05) is 20.3 Å². The van der Waals surface area contributed by atoms with Gasteiger partial charge in [-0.25, -0.2) is 0 Å². The molecule has 1 unspecified atom stereocenters. The van der Waals surface area contributed by atoms with Crippen LogP contribution in [0.15, 0.2) is 0 Å². The van der Waals surface area contributed by atoms with Gasteiger partial charge in [-0.2, -0.15) is 0 Å². The van der Waals surface area contributed by atoms with E-state index in [0.717, 1.165) is 6.42 Å². The van der Waals surface area contributed by atoms with Crippen LogP contribution in [0.2, 0.25) is 0 Å². The lowest BCUT2D eigenvalue weighted by atomic mass is 10.1. The van der Waals surface area contributed by atoms with Crippen LogP contribution in [0.25, 0.3) is 0 Å². The van der Waals surface area contributed by atoms with Crippen LogP contribution in [0.3, 0.4) is 0 Å². The smallest absolute Gasteiger partial charge is 0.246 e. The van der Waals surface area contributed by atoms with Gasteiger partial charge in [0.1, 0.15) is 6.61 Å². The zero-order valence-corrected chi connectivity index (χ0v) is 8.52.